The van der Waals surface area contributed by atoms with Crippen molar-refractivity contribution in [2.75, 3.05) is 19.2 Å². The summed E-state index contributed by atoms with van der Waals surface area (Å²) in [6.45, 7) is 0. The standard InChI is InChI=1S/C23H21FN2O2/c1-27-22-13-10-17(14-23(22)28-2)21-15-20(16-8-11-18(24)12-9-16)25-26(21)19-6-4-3-5-7-19/h3-14,21H,15H2,1-2H3/t21-/m0/s1. The van der Waals surface area contributed by atoms with Gasteiger partial charge in [0.2, 0.25) is 0 Å². The molecule has 142 valence electrons. The summed E-state index contributed by atoms with van der Waals surface area (Å²) in [6.07, 6.45) is 0.704. The highest BCUT2D eigenvalue weighted by Gasteiger charge is 2.30. The maximum absolute atomic E-state index is 13.3. The molecule has 1 atom stereocenters. The van der Waals surface area contributed by atoms with Gasteiger partial charge >= 0.3 is 0 Å². The average molecular weight is 376 g/mol. The molecule has 3 aromatic rings. The van der Waals surface area contributed by atoms with Gasteiger partial charge in [-0.05, 0) is 47.5 Å². The smallest absolute Gasteiger partial charge is 0.161 e. The highest BCUT2D eigenvalue weighted by Crippen LogP contribution is 2.39. The van der Waals surface area contributed by atoms with Gasteiger partial charge in [0.05, 0.1) is 31.7 Å². The van der Waals surface area contributed by atoms with E-state index < -0.39 is 0 Å². The molecule has 0 aliphatic carbocycles. The molecule has 0 saturated heterocycles. The molecule has 0 saturated carbocycles. The first kappa shape index (κ1) is 18.0. The number of halogens is 1. The summed E-state index contributed by atoms with van der Waals surface area (Å²) in [5, 5.41) is 6.88. The van der Waals surface area contributed by atoms with E-state index in [1.165, 1.54) is 12.1 Å². The Morgan fingerprint density at radius 1 is 0.893 bits per heavy atom. The van der Waals surface area contributed by atoms with E-state index in [4.69, 9.17) is 14.6 Å². The van der Waals surface area contributed by atoms with Crippen molar-refractivity contribution in [3.8, 4) is 11.5 Å². The Morgan fingerprint density at radius 2 is 1.61 bits per heavy atom. The van der Waals surface area contributed by atoms with Crippen molar-refractivity contribution in [2.45, 2.75) is 12.5 Å². The van der Waals surface area contributed by atoms with E-state index in [2.05, 4.69) is 0 Å². The molecule has 0 N–H and O–H groups in total. The van der Waals surface area contributed by atoms with Crippen LogP contribution in [0.25, 0.3) is 0 Å². The summed E-state index contributed by atoms with van der Waals surface area (Å²) < 4.78 is 24.2. The lowest BCUT2D eigenvalue weighted by molar-refractivity contribution is 0.354. The van der Waals surface area contributed by atoms with Crippen molar-refractivity contribution in [3.05, 3.63) is 89.7 Å². The van der Waals surface area contributed by atoms with Crippen LogP contribution in [0.4, 0.5) is 10.1 Å². The molecular weight excluding hydrogens is 355 g/mol. The Kier molecular flexibility index (Phi) is 4.98. The molecule has 0 unspecified atom stereocenters. The number of ether oxygens (including phenoxy) is 2. The third-order valence-corrected chi connectivity index (χ3v) is 4.90. The van der Waals surface area contributed by atoms with E-state index in [1.54, 1.807) is 26.4 Å². The van der Waals surface area contributed by atoms with Gasteiger partial charge in [-0.1, -0.05) is 36.4 Å². The van der Waals surface area contributed by atoms with Gasteiger partial charge in [0.25, 0.3) is 0 Å². The normalized spacial score (nSPS) is 16.0. The highest BCUT2D eigenvalue weighted by molar-refractivity contribution is 6.03. The number of hydrogen-bond donors (Lipinski definition) is 0. The fourth-order valence-electron chi connectivity index (χ4n) is 3.47. The maximum atomic E-state index is 13.3. The summed E-state index contributed by atoms with van der Waals surface area (Å²) in [4.78, 5) is 0. The number of rotatable bonds is 5. The van der Waals surface area contributed by atoms with Crippen LogP contribution in [0.15, 0.2) is 77.9 Å². The first-order chi connectivity index (χ1) is 13.7. The van der Waals surface area contributed by atoms with Gasteiger partial charge in [-0.25, -0.2) is 4.39 Å². The zero-order valence-electron chi connectivity index (χ0n) is 15.8. The van der Waals surface area contributed by atoms with E-state index in [9.17, 15) is 4.39 Å². The van der Waals surface area contributed by atoms with Crippen LogP contribution in [0.1, 0.15) is 23.6 Å². The summed E-state index contributed by atoms with van der Waals surface area (Å²) in [7, 11) is 3.25. The Labute approximate surface area is 163 Å². The third kappa shape index (κ3) is 3.43. The lowest BCUT2D eigenvalue weighted by atomic mass is 9.97. The van der Waals surface area contributed by atoms with Crippen molar-refractivity contribution < 1.29 is 13.9 Å². The molecule has 0 amide bonds. The molecular formula is C23H21FN2O2. The number of methoxy groups -OCH3 is 2. The Bertz CT molecular complexity index is 987. The van der Waals surface area contributed by atoms with Crippen molar-refractivity contribution in [1.82, 2.24) is 0 Å². The van der Waals surface area contributed by atoms with E-state index in [-0.39, 0.29) is 11.9 Å². The Balaban J connectivity index is 1.74. The van der Waals surface area contributed by atoms with E-state index in [0.29, 0.717) is 17.9 Å². The van der Waals surface area contributed by atoms with E-state index in [0.717, 1.165) is 22.5 Å². The van der Waals surface area contributed by atoms with Crippen molar-refractivity contribution >= 4 is 11.4 Å². The number of anilines is 1. The van der Waals surface area contributed by atoms with Gasteiger partial charge in [0.1, 0.15) is 5.82 Å². The van der Waals surface area contributed by atoms with Gasteiger partial charge in [-0.15, -0.1) is 0 Å². The van der Waals surface area contributed by atoms with Crippen LogP contribution < -0.4 is 14.5 Å². The molecule has 1 aliphatic rings. The molecule has 0 spiro atoms. The Hall–Kier alpha value is -3.34. The SMILES string of the molecule is COc1ccc([C@@H]2CC(c3ccc(F)cc3)=NN2c2ccccc2)cc1OC. The number of nitrogens with zero attached hydrogens (tertiary/aromatic N) is 2. The van der Waals surface area contributed by atoms with Crippen LogP contribution >= 0.6 is 0 Å². The summed E-state index contributed by atoms with van der Waals surface area (Å²) in [5.41, 5.74) is 3.91. The van der Waals surface area contributed by atoms with Crippen LogP contribution in [0.5, 0.6) is 11.5 Å². The second-order valence-electron chi connectivity index (χ2n) is 6.57. The van der Waals surface area contributed by atoms with Crippen LogP contribution in [0.2, 0.25) is 0 Å². The summed E-state index contributed by atoms with van der Waals surface area (Å²) in [5.74, 6) is 1.12. The molecule has 28 heavy (non-hydrogen) atoms. The van der Waals surface area contributed by atoms with Crippen LogP contribution in [0.3, 0.4) is 0 Å². The monoisotopic (exact) mass is 376 g/mol. The van der Waals surface area contributed by atoms with Crippen LogP contribution in [-0.2, 0) is 0 Å². The maximum Gasteiger partial charge on any atom is 0.161 e. The molecule has 5 heteroatoms. The van der Waals surface area contributed by atoms with Gasteiger partial charge in [0.15, 0.2) is 11.5 Å². The minimum Gasteiger partial charge on any atom is -0.493 e. The number of hydrogen-bond acceptors (Lipinski definition) is 4. The third-order valence-electron chi connectivity index (χ3n) is 4.90. The largest absolute Gasteiger partial charge is 0.493 e. The number of benzene rings is 3. The molecule has 4 nitrogen and oxygen atoms in total. The van der Waals surface area contributed by atoms with Gasteiger partial charge in [-0.3, -0.25) is 5.01 Å². The predicted molar refractivity (Wildman–Crippen MR) is 109 cm³/mol. The highest BCUT2D eigenvalue weighted by atomic mass is 19.1. The zero-order chi connectivity index (χ0) is 19.5. The molecule has 1 heterocycles. The Morgan fingerprint density at radius 3 is 2.29 bits per heavy atom. The molecule has 3 aromatic carbocycles. The minimum atomic E-state index is -0.251. The molecule has 0 fully saturated rings. The van der Waals surface area contributed by atoms with Crippen molar-refractivity contribution in [3.63, 3.8) is 0 Å². The van der Waals surface area contributed by atoms with Crippen molar-refractivity contribution in [2.24, 2.45) is 5.10 Å². The van der Waals surface area contributed by atoms with E-state index >= 15 is 0 Å². The summed E-state index contributed by atoms with van der Waals surface area (Å²) >= 11 is 0. The molecule has 0 bridgehead atoms. The first-order valence-corrected chi connectivity index (χ1v) is 9.09. The van der Waals surface area contributed by atoms with Gasteiger partial charge < -0.3 is 9.47 Å². The molecule has 1 aliphatic heterocycles. The number of hydrazone groups is 1. The lowest BCUT2D eigenvalue weighted by Crippen LogP contribution is -2.18. The van der Waals surface area contributed by atoms with Crippen molar-refractivity contribution in [1.29, 1.82) is 0 Å². The quantitative estimate of drug-likeness (QED) is 0.614. The topological polar surface area (TPSA) is 34.1 Å². The predicted octanol–water partition coefficient (Wildman–Crippen LogP) is 5.20. The fourth-order valence-corrected chi connectivity index (χ4v) is 3.47. The van der Waals surface area contributed by atoms with Crippen LogP contribution in [0, 0.1) is 5.82 Å². The first-order valence-electron chi connectivity index (χ1n) is 9.09. The van der Waals surface area contributed by atoms with Gasteiger partial charge in [-0.2, -0.15) is 5.10 Å². The van der Waals surface area contributed by atoms with Crippen LogP contribution in [-0.4, -0.2) is 19.9 Å². The average Bonchev–Trinajstić information content (AvgIpc) is 3.20. The zero-order valence-corrected chi connectivity index (χ0v) is 15.8. The molecule has 4 rings (SSSR count). The van der Waals surface area contributed by atoms with E-state index in [1.807, 2.05) is 53.5 Å². The molecule has 0 aromatic heterocycles. The minimum absolute atomic E-state index is 0.00209. The summed E-state index contributed by atoms with van der Waals surface area (Å²) in [6, 6.07) is 22.4. The lowest BCUT2D eigenvalue weighted by Gasteiger charge is -2.24. The molecule has 0 radical (unpaired) electrons. The second kappa shape index (κ2) is 7.72. The fraction of sp³-hybridized carbons (Fsp3) is 0.174. The van der Waals surface area contributed by atoms with Gasteiger partial charge in [0, 0.05) is 6.42 Å². The second-order valence-corrected chi connectivity index (χ2v) is 6.57. The number of para-hydroxylation sites is 1.